The maximum atomic E-state index is 12.3. The fourth-order valence-electron chi connectivity index (χ4n) is 3.27. The van der Waals surface area contributed by atoms with E-state index in [0.717, 1.165) is 25.1 Å². The van der Waals surface area contributed by atoms with Gasteiger partial charge in [0.15, 0.2) is 0 Å². The molecule has 0 bridgehead atoms. The van der Waals surface area contributed by atoms with Gasteiger partial charge in [-0.15, -0.1) is 0 Å². The summed E-state index contributed by atoms with van der Waals surface area (Å²) < 4.78 is 5.75. The van der Waals surface area contributed by atoms with E-state index in [9.17, 15) is 4.79 Å². The van der Waals surface area contributed by atoms with Crippen molar-refractivity contribution in [1.82, 2.24) is 5.32 Å². The van der Waals surface area contributed by atoms with Gasteiger partial charge in [0, 0.05) is 43.9 Å². The number of fused-ring (bicyclic) bond motifs is 1. The van der Waals surface area contributed by atoms with Crippen LogP contribution in [-0.2, 0) is 4.74 Å². The van der Waals surface area contributed by atoms with Crippen LogP contribution >= 0.6 is 0 Å². The van der Waals surface area contributed by atoms with Crippen molar-refractivity contribution in [3.8, 4) is 0 Å². The molecule has 114 valence electrons. The van der Waals surface area contributed by atoms with Crippen LogP contribution in [0.15, 0.2) is 24.3 Å². The van der Waals surface area contributed by atoms with Crippen molar-refractivity contribution in [2.24, 2.45) is 11.7 Å². The molecule has 1 heterocycles. The molecule has 4 atom stereocenters. The lowest BCUT2D eigenvalue weighted by Crippen LogP contribution is -2.72. The third-order valence-corrected chi connectivity index (χ3v) is 4.62. The first-order chi connectivity index (χ1) is 10.1. The topological polar surface area (TPSA) is 67.6 Å². The molecule has 0 spiro atoms. The summed E-state index contributed by atoms with van der Waals surface area (Å²) in [4.78, 5) is 14.3. The molecule has 3 rings (SSSR count). The Labute approximate surface area is 125 Å². The van der Waals surface area contributed by atoms with Crippen LogP contribution < -0.4 is 16.0 Å². The third kappa shape index (κ3) is 2.63. The standard InChI is InChI=1S/C16H23N3O2/c1-19(2)11-7-5-10(6-8-11)16(20)18-14-13(17)12-4-3-9-21-15(12)14/h5-8,12-15H,3-4,9,17H2,1-2H3,(H,18,20). The van der Waals surface area contributed by atoms with Gasteiger partial charge in [-0.3, -0.25) is 4.79 Å². The van der Waals surface area contributed by atoms with Crippen LogP contribution in [0.3, 0.4) is 0 Å². The van der Waals surface area contributed by atoms with Gasteiger partial charge in [0.05, 0.1) is 12.1 Å². The quantitative estimate of drug-likeness (QED) is 0.870. The monoisotopic (exact) mass is 289 g/mol. The van der Waals surface area contributed by atoms with Crippen LogP contribution in [0.1, 0.15) is 23.2 Å². The van der Waals surface area contributed by atoms with Crippen LogP contribution in [0.25, 0.3) is 0 Å². The van der Waals surface area contributed by atoms with Gasteiger partial charge >= 0.3 is 0 Å². The lowest BCUT2D eigenvalue weighted by Gasteiger charge is -2.52. The number of carbonyl (C=O) groups excluding carboxylic acids is 1. The van der Waals surface area contributed by atoms with E-state index >= 15 is 0 Å². The molecule has 3 N–H and O–H groups in total. The maximum Gasteiger partial charge on any atom is 0.251 e. The minimum atomic E-state index is -0.0756. The van der Waals surface area contributed by atoms with Crippen LogP contribution in [0.4, 0.5) is 5.69 Å². The Morgan fingerprint density at radius 1 is 1.33 bits per heavy atom. The number of ether oxygens (including phenoxy) is 1. The summed E-state index contributed by atoms with van der Waals surface area (Å²) in [5.74, 6) is 0.327. The maximum absolute atomic E-state index is 12.3. The molecule has 1 aromatic rings. The largest absolute Gasteiger partial charge is 0.378 e. The molecule has 2 fully saturated rings. The van der Waals surface area contributed by atoms with Gasteiger partial charge in [-0.25, -0.2) is 0 Å². The van der Waals surface area contributed by atoms with Gasteiger partial charge in [-0.2, -0.15) is 0 Å². The molecule has 1 amide bonds. The Morgan fingerprint density at radius 3 is 2.71 bits per heavy atom. The van der Waals surface area contributed by atoms with Crippen LogP contribution in [0, 0.1) is 5.92 Å². The Bertz CT molecular complexity index is 515. The number of nitrogens with zero attached hydrogens (tertiary/aromatic N) is 1. The molecular formula is C16H23N3O2. The highest BCUT2D eigenvalue weighted by atomic mass is 16.5. The van der Waals surface area contributed by atoms with Gasteiger partial charge in [0.2, 0.25) is 0 Å². The van der Waals surface area contributed by atoms with Crippen LogP contribution in [0.2, 0.25) is 0 Å². The normalized spacial score (nSPS) is 31.0. The summed E-state index contributed by atoms with van der Waals surface area (Å²) in [6.45, 7) is 0.776. The van der Waals surface area contributed by atoms with Crippen molar-refractivity contribution >= 4 is 11.6 Å². The second-order valence-electron chi connectivity index (χ2n) is 6.16. The van der Waals surface area contributed by atoms with Crippen molar-refractivity contribution in [2.45, 2.75) is 31.0 Å². The minimum absolute atomic E-state index is 0.0142. The molecule has 1 aliphatic heterocycles. The second kappa shape index (κ2) is 5.66. The Hall–Kier alpha value is -1.59. The number of rotatable bonds is 3. The number of anilines is 1. The highest BCUT2D eigenvalue weighted by molar-refractivity contribution is 5.94. The Balaban J connectivity index is 1.63. The number of carbonyl (C=O) groups is 1. The van der Waals surface area contributed by atoms with Crippen molar-refractivity contribution in [2.75, 3.05) is 25.6 Å². The summed E-state index contributed by atoms with van der Waals surface area (Å²) in [5.41, 5.74) is 7.90. The third-order valence-electron chi connectivity index (χ3n) is 4.62. The van der Waals surface area contributed by atoms with Crippen molar-refractivity contribution in [3.63, 3.8) is 0 Å². The van der Waals surface area contributed by atoms with Crippen molar-refractivity contribution < 1.29 is 9.53 Å². The lowest BCUT2D eigenvalue weighted by atomic mass is 9.68. The number of nitrogens with two attached hydrogens (primary N) is 1. The SMILES string of the molecule is CN(C)c1ccc(C(=O)NC2C(N)C3CCCOC32)cc1. The first-order valence-electron chi connectivity index (χ1n) is 7.53. The van der Waals surface area contributed by atoms with E-state index in [1.54, 1.807) is 0 Å². The Kier molecular flexibility index (Phi) is 3.87. The highest BCUT2D eigenvalue weighted by Gasteiger charge is 2.51. The number of amides is 1. The van der Waals surface area contributed by atoms with Crippen molar-refractivity contribution in [1.29, 1.82) is 0 Å². The van der Waals surface area contributed by atoms with Crippen molar-refractivity contribution in [3.05, 3.63) is 29.8 Å². The zero-order valence-corrected chi connectivity index (χ0v) is 12.6. The van der Waals surface area contributed by atoms with E-state index < -0.39 is 0 Å². The highest BCUT2D eigenvalue weighted by Crippen LogP contribution is 2.37. The first kappa shape index (κ1) is 14.4. The second-order valence-corrected chi connectivity index (χ2v) is 6.16. The predicted molar refractivity (Wildman–Crippen MR) is 82.5 cm³/mol. The molecule has 21 heavy (non-hydrogen) atoms. The van der Waals surface area contributed by atoms with E-state index in [1.807, 2.05) is 43.3 Å². The number of nitrogens with one attached hydrogen (secondary N) is 1. The molecule has 1 aliphatic carbocycles. The van der Waals surface area contributed by atoms with E-state index in [2.05, 4.69) is 5.32 Å². The van der Waals surface area contributed by atoms with Gasteiger partial charge in [0.25, 0.3) is 5.91 Å². The fourth-order valence-corrected chi connectivity index (χ4v) is 3.27. The van der Waals surface area contributed by atoms with Crippen LogP contribution in [-0.4, -0.2) is 44.8 Å². The minimum Gasteiger partial charge on any atom is -0.378 e. The van der Waals surface area contributed by atoms with E-state index in [-0.39, 0.29) is 24.1 Å². The number of benzene rings is 1. The molecule has 1 aromatic carbocycles. The van der Waals surface area contributed by atoms with Gasteiger partial charge in [-0.05, 0) is 37.1 Å². The number of hydrogen-bond donors (Lipinski definition) is 2. The average molecular weight is 289 g/mol. The molecule has 1 saturated carbocycles. The van der Waals surface area contributed by atoms with E-state index in [4.69, 9.17) is 10.5 Å². The molecule has 4 unspecified atom stereocenters. The first-order valence-corrected chi connectivity index (χ1v) is 7.53. The Morgan fingerprint density at radius 2 is 2.05 bits per heavy atom. The molecule has 1 saturated heterocycles. The fraction of sp³-hybridized carbons (Fsp3) is 0.562. The summed E-state index contributed by atoms with van der Waals surface area (Å²) in [7, 11) is 3.95. The van der Waals surface area contributed by atoms with Crippen LogP contribution in [0.5, 0.6) is 0 Å². The molecule has 5 heteroatoms. The van der Waals surface area contributed by atoms with Gasteiger partial charge in [-0.1, -0.05) is 0 Å². The van der Waals surface area contributed by atoms with Gasteiger partial charge < -0.3 is 20.7 Å². The summed E-state index contributed by atoms with van der Waals surface area (Å²) in [6, 6.07) is 7.52. The molecule has 5 nitrogen and oxygen atoms in total. The smallest absolute Gasteiger partial charge is 0.251 e. The molecule has 0 radical (unpaired) electrons. The molecule has 0 aromatic heterocycles. The van der Waals surface area contributed by atoms with E-state index in [1.165, 1.54) is 0 Å². The van der Waals surface area contributed by atoms with Gasteiger partial charge in [0.1, 0.15) is 0 Å². The zero-order valence-electron chi connectivity index (χ0n) is 12.6. The summed E-state index contributed by atoms with van der Waals surface area (Å²) >= 11 is 0. The predicted octanol–water partition coefficient (Wildman–Crippen LogP) is 0.987. The van der Waals surface area contributed by atoms with E-state index in [0.29, 0.717) is 11.5 Å². The average Bonchev–Trinajstić information content (AvgIpc) is 2.52. The zero-order chi connectivity index (χ0) is 15.0. The number of hydrogen-bond acceptors (Lipinski definition) is 4. The lowest BCUT2D eigenvalue weighted by molar-refractivity contribution is -0.117. The summed E-state index contributed by atoms with van der Waals surface area (Å²) in [5, 5.41) is 3.03. The molecular weight excluding hydrogens is 266 g/mol. The summed E-state index contributed by atoms with van der Waals surface area (Å²) in [6.07, 6.45) is 2.27. The molecule has 2 aliphatic rings.